The highest BCUT2D eigenvalue weighted by molar-refractivity contribution is 6.25. The van der Waals surface area contributed by atoms with E-state index in [1.165, 1.54) is 5.54 Å². The van der Waals surface area contributed by atoms with Crippen LogP contribution in [0.5, 0.6) is 0 Å². The molecule has 1 amide bonds. The van der Waals surface area contributed by atoms with Gasteiger partial charge < -0.3 is 10.6 Å². The van der Waals surface area contributed by atoms with Crippen molar-refractivity contribution in [3.63, 3.8) is 0 Å². The summed E-state index contributed by atoms with van der Waals surface area (Å²) in [5, 5.41) is 5.76. The summed E-state index contributed by atoms with van der Waals surface area (Å²) in [5.74, 6) is -0.0215. The van der Waals surface area contributed by atoms with Gasteiger partial charge in [-0.2, -0.15) is 0 Å². The van der Waals surface area contributed by atoms with E-state index in [-0.39, 0.29) is 5.91 Å². The van der Waals surface area contributed by atoms with Crippen LogP contribution in [-0.4, -0.2) is 19.0 Å². The largest absolute Gasteiger partial charge is 0.351 e. The van der Waals surface area contributed by atoms with Crippen molar-refractivity contribution in [3.05, 3.63) is 47.5 Å². The fourth-order valence-corrected chi connectivity index (χ4v) is 1.26. The van der Waals surface area contributed by atoms with E-state index in [9.17, 15) is 4.79 Å². The first-order valence-electron chi connectivity index (χ1n) is 5.09. The molecule has 0 saturated heterocycles. The lowest BCUT2D eigenvalue weighted by molar-refractivity contribution is -0.120. The van der Waals surface area contributed by atoms with Crippen molar-refractivity contribution in [2.24, 2.45) is 0 Å². The highest BCUT2D eigenvalue weighted by atomic mass is 35.5. The topological polar surface area (TPSA) is 41.1 Å². The third-order valence-corrected chi connectivity index (χ3v) is 2.15. The monoisotopic (exact) mass is 238 g/mol. The first-order chi connectivity index (χ1) is 7.83. The molecule has 1 aromatic rings. The van der Waals surface area contributed by atoms with Crippen molar-refractivity contribution >= 4 is 17.5 Å². The molecule has 0 saturated carbocycles. The molecule has 0 aliphatic carbocycles. The summed E-state index contributed by atoms with van der Waals surface area (Å²) in [6.07, 6.45) is 1.74. The lowest BCUT2D eigenvalue weighted by Crippen LogP contribution is -2.33. The van der Waals surface area contributed by atoms with Crippen LogP contribution in [-0.2, 0) is 11.3 Å². The van der Waals surface area contributed by atoms with Crippen molar-refractivity contribution in [2.75, 3.05) is 13.1 Å². The third kappa shape index (κ3) is 5.53. The lowest BCUT2D eigenvalue weighted by atomic mass is 10.2. The van der Waals surface area contributed by atoms with Crippen LogP contribution in [0, 0.1) is 0 Å². The van der Waals surface area contributed by atoms with Gasteiger partial charge in [-0.25, -0.2) is 0 Å². The van der Waals surface area contributed by atoms with Crippen LogP contribution in [0.4, 0.5) is 0 Å². The van der Waals surface area contributed by atoms with Crippen molar-refractivity contribution in [1.29, 1.82) is 0 Å². The molecule has 1 aromatic carbocycles. The van der Waals surface area contributed by atoms with Crippen molar-refractivity contribution in [2.45, 2.75) is 6.54 Å². The maximum atomic E-state index is 11.3. The van der Waals surface area contributed by atoms with Gasteiger partial charge in [-0.05, 0) is 5.56 Å². The Bertz CT molecular complexity index is 338. The number of hydrogen-bond donors (Lipinski definition) is 2. The summed E-state index contributed by atoms with van der Waals surface area (Å²) in [6, 6.07) is 9.80. The Kier molecular flexibility index (Phi) is 6.30. The molecule has 0 radical (unpaired) electrons. The SMILES string of the molecule is O=C(CNC/C=C/Cl)NCc1ccccc1. The third-order valence-electron chi connectivity index (χ3n) is 1.97. The number of rotatable bonds is 6. The maximum Gasteiger partial charge on any atom is 0.234 e. The average molecular weight is 239 g/mol. The Morgan fingerprint density at radius 3 is 2.75 bits per heavy atom. The van der Waals surface area contributed by atoms with Gasteiger partial charge in [-0.1, -0.05) is 48.0 Å². The fourth-order valence-electron chi connectivity index (χ4n) is 1.17. The molecule has 0 unspecified atom stereocenters. The second kappa shape index (κ2) is 7.91. The maximum absolute atomic E-state index is 11.3. The molecule has 16 heavy (non-hydrogen) atoms. The van der Waals surface area contributed by atoms with Gasteiger partial charge in [-0.15, -0.1) is 0 Å². The molecule has 86 valence electrons. The summed E-state index contributed by atoms with van der Waals surface area (Å²) in [4.78, 5) is 11.3. The normalized spacial score (nSPS) is 10.6. The molecule has 0 aliphatic rings. The Morgan fingerprint density at radius 2 is 2.06 bits per heavy atom. The van der Waals surface area contributed by atoms with E-state index in [0.717, 1.165) is 5.56 Å². The summed E-state index contributed by atoms with van der Waals surface area (Å²) < 4.78 is 0. The highest BCUT2D eigenvalue weighted by Gasteiger charge is 1.98. The molecule has 0 aliphatic heterocycles. The zero-order valence-electron chi connectivity index (χ0n) is 8.95. The number of carbonyl (C=O) groups is 1. The number of halogens is 1. The second-order valence-electron chi connectivity index (χ2n) is 3.25. The minimum atomic E-state index is -0.0215. The van der Waals surface area contributed by atoms with Crippen LogP contribution in [0.2, 0.25) is 0 Å². The van der Waals surface area contributed by atoms with E-state index in [0.29, 0.717) is 19.6 Å². The molecular formula is C12H15ClN2O. The summed E-state index contributed by atoms with van der Waals surface area (Å²) in [5.41, 5.74) is 2.52. The number of carbonyl (C=O) groups excluding carboxylic acids is 1. The quantitative estimate of drug-likeness (QED) is 0.740. The predicted octanol–water partition coefficient (Wildman–Crippen LogP) is 1.64. The zero-order valence-corrected chi connectivity index (χ0v) is 9.70. The van der Waals surface area contributed by atoms with E-state index in [2.05, 4.69) is 10.6 Å². The number of nitrogens with one attached hydrogen (secondary N) is 2. The Labute approximate surface area is 100 Å². The molecular weight excluding hydrogens is 224 g/mol. The smallest absolute Gasteiger partial charge is 0.234 e. The van der Waals surface area contributed by atoms with Gasteiger partial charge in [0.1, 0.15) is 0 Å². The molecule has 0 atom stereocenters. The van der Waals surface area contributed by atoms with Gasteiger partial charge in [0.15, 0.2) is 0 Å². The van der Waals surface area contributed by atoms with Crippen molar-refractivity contribution in [3.8, 4) is 0 Å². The first-order valence-corrected chi connectivity index (χ1v) is 5.53. The van der Waals surface area contributed by atoms with Crippen LogP contribution in [0.25, 0.3) is 0 Å². The Balaban J connectivity index is 2.15. The van der Waals surface area contributed by atoms with E-state index in [1.807, 2.05) is 30.3 Å². The molecule has 0 aromatic heterocycles. The van der Waals surface area contributed by atoms with Crippen LogP contribution < -0.4 is 10.6 Å². The van der Waals surface area contributed by atoms with Crippen LogP contribution in [0.15, 0.2) is 41.9 Å². The van der Waals surface area contributed by atoms with E-state index in [4.69, 9.17) is 11.6 Å². The van der Waals surface area contributed by atoms with Gasteiger partial charge in [0, 0.05) is 18.6 Å². The number of hydrogen-bond acceptors (Lipinski definition) is 2. The molecule has 0 fully saturated rings. The number of amides is 1. The van der Waals surface area contributed by atoms with Crippen molar-refractivity contribution < 1.29 is 4.79 Å². The van der Waals surface area contributed by atoms with Crippen LogP contribution >= 0.6 is 11.6 Å². The zero-order chi connectivity index (χ0) is 11.6. The van der Waals surface area contributed by atoms with Crippen LogP contribution in [0.3, 0.4) is 0 Å². The van der Waals surface area contributed by atoms with Gasteiger partial charge in [0.2, 0.25) is 5.91 Å². The molecule has 1 rings (SSSR count). The predicted molar refractivity (Wildman–Crippen MR) is 66.2 cm³/mol. The van der Waals surface area contributed by atoms with E-state index < -0.39 is 0 Å². The minimum absolute atomic E-state index is 0.0215. The molecule has 4 heteroatoms. The van der Waals surface area contributed by atoms with E-state index >= 15 is 0 Å². The molecule has 3 nitrogen and oxygen atoms in total. The van der Waals surface area contributed by atoms with Gasteiger partial charge in [0.05, 0.1) is 6.54 Å². The van der Waals surface area contributed by atoms with E-state index in [1.54, 1.807) is 6.08 Å². The Hall–Kier alpha value is -1.32. The van der Waals surface area contributed by atoms with Gasteiger partial charge in [0.25, 0.3) is 0 Å². The highest BCUT2D eigenvalue weighted by Crippen LogP contribution is 1.96. The Morgan fingerprint density at radius 1 is 1.31 bits per heavy atom. The lowest BCUT2D eigenvalue weighted by Gasteiger charge is -2.05. The minimum Gasteiger partial charge on any atom is -0.351 e. The molecule has 0 heterocycles. The summed E-state index contributed by atoms with van der Waals surface area (Å²) in [7, 11) is 0. The molecule has 0 bridgehead atoms. The molecule has 0 spiro atoms. The summed E-state index contributed by atoms with van der Waals surface area (Å²) >= 11 is 5.34. The van der Waals surface area contributed by atoms with Gasteiger partial charge in [-0.3, -0.25) is 4.79 Å². The standard InChI is InChI=1S/C12H15ClN2O/c13-7-4-8-14-10-12(16)15-9-11-5-2-1-3-6-11/h1-7,14H,8-10H2,(H,15,16)/b7-4+. The van der Waals surface area contributed by atoms with Crippen molar-refractivity contribution in [1.82, 2.24) is 10.6 Å². The second-order valence-corrected chi connectivity index (χ2v) is 3.51. The fraction of sp³-hybridized carbons (Fsp3) is 0.250. The van der Waals surface area contributed by atoms with Gasteiger partial charge >= 0.3 is 0 Å². The summed E-state index contributed by atoms with van der Waals surface area (Å²) in [6.45, 7) is 1.46. The average Bonchev–Trinajstić information content (AvgIpc) is 2.33. The number of benzene rings is 1. The first kappa shape index (κ1) is 12.7. The molecule has 2 N–H and O–H groups in total. The van der Waals surface area contributed by atoms with Crippen LogP contribution in [0.1, 0.15) is 5.56 Å².